The number of ether oxygens (including phenoxy) is 1. The molecule has 0 aliphatic carbocycles. The first kappa shape index (κ1) is 19.1. The normalized spacial score (nSPS) is 38.5. The van der Waals surface area contributed by atoms with Crippen molar-refractivity contribution in [2.45, 2.75) is 30.4 Å². The molecule has 1 unspecified atom stereocenters. The molecule has 1 heterocycles. The number of phosphoric acid groups is 2. The molecule has 1 fully saturated rings. The average molecular weight is 356 g/mol. The zero-order chi connectivity index (χ0) is 16.6. The van der Waals surface area contributed by atoms with Crippen molar-refractivity contribution in [2.24, 2.45) is 0 Å². The van der Waals surface area contributed by atoms with Crippen LogP contribution < -0.4 is 0 Å². The maximum atomic E-state index is 10.8. The van der Waals surface area contributed by atoms with Gasteiger partial charge in [-0.25, -0.2) is 13.7 Å². The molecular formula is C6H14O13P2. The van der Waals surface area contributed by atoms with Gasteiger partial charge in [-0.3, -0.25) is 4.52 Å². The van der Waals surface area contributed by atoms with Gasteiger partial charge in [0.05, 0.1) is 0 Å². The molecule has 1 aliphatic heterocycles. The van der Waals surface area contributed by atoms with Gasteiger partial charge in [-0.05, 0) is 0 Å². The summed E-state index contributed by atoms with van der Waals surface area (Å²) in [6.07, 6.45) is -9.16. The Morgan fingerprint density at radius 1 is 1.00 bits per heavy atom. The number of aliphatic hydroxyl groups is 4. The maximum Gasteiger partial charge on any atom is 0.472 e. The quantitative estimate of drug-likeness (QED) is 0.223. The Kier molecular flexibility index (Phi) is 5.68. The molecule has 5 atom stereocenters. The predicted molar refractivity (Wildman–Crippen MR) is 59.0 cm³/mol. The highest BCUT2D eigenvalue weighted by Gasteiger charge is 2.58. The van der Waals surface area contributed by atoms with Crippen LogP contribution in [0.1, 0.15) is 0 Å². The number of aliphatic hydroxyl groups excluding tert-OH is 4. The molecule has 0 spiro atoms. The Labute approximate surface area is 116 Å². The minimum atomic E-state index is -5.36. The summed E-state index contributed by atoms with van der Waals surface area (Å²) in [6, 6.07) is 0. The van der Waals surface area contributed by atoms with E-state index in [1.807, 2.05) is 0 Å². The Morgan fingerprint density at radius 3 is 1.90 bits per heavy atom. The molecule has 1 saturated heterocycles. The molecule has 21 heavy (non-hydrogen) atoms. The van der Waals surface area contributed by atoms with E-state index in [-0.39, 0.29) is 0 Å². The van der Waals surface area contributed by atoms with Crippen LogP contribution in [0.2, 0.25) is 0 Å². The first-order valence-electron chi connectivity index (χ1n) is 5.14. The molecule has 126 valence electrons. The second-order valence-electron chi connectivity index (χ2n) is 4.06. The first-order valence-corrected chi connectivity index (χ1v) is 8.20. The molecule has 1 rings (SSSR count). The molecule has 0 aromatic carbocycles. The standard InChI is InChI=1S/C6H14O13P2/c7-1-6(19-21(14,15)16)4(10)2(8)3(9)5(17-6)18-20(11,12)13/h2-5,7-10H,1H2,(H2,11,12,13)(H2,14,15,16)/t2-,3+,4+,5?,6+/m1/s1. The van der Waals surface area contributed by atoms with Crippen molar-refractivity contribution in [3.63, 3.8) is 0 Å². The third-order valence-corrected chi connectivity index (χ3v) is 3.48. The Hall–Kier alpha value is 0.0200. The lowest BCUT2D eigenvalue weighted by Gasteiger charge is -2.46. The first-order chi connectivity index (χ1) is 9.31. The van der Waals surface area contributed by atoms with Gasteiger partial charge in [0.15, 0.2) is 0 Å². The van der Waals surface area contributed by atoms with Crippen LogP contribution >= 0.6 is 15.6 Å². The SMILES string of the molecule is O=P(O)(O)OC1O[C@@](CO)(OP(=O)(O)O)[C@@H](O)[C@H](O)[C@@H]1O. The van der Waals surface area contributed by atoms with Crippen molar-refractivity contribution >= 4 is 15.6 Å². The highest BCUT2D eigenvalue weighted by atomic mass is 31.2. The van der Waals surface area contributed by atoms with Gasteiger partial charge in [0.25, 0.3) is 0 Å². The zero-order valence-electron chi connectivity index (χ0n) is 10.0. The van der Waals surface area contributed by atoms with Gasteiger partial charge in [0, 0.05) is 0 Å². The largest absolute Gasteiger partial charge is 0.472 e. The molecule has 13 nitrogen and oxygen atoms in total. The van der Waals surface area contributed by atoms with Crippen molar-refractivity contribution in [3.05, 3.63) is 0 Å². The van der Waals surface area contributed by atoms with Crippen molar-refractivity contribution in [3.8, 4) is 0 Å². The molecule has 15 heteroatoms. The smallest absolute Gasteiger partial charge is 0.391 e. The molecule has 0 saturated carbocycles. The zero-order valence-corrected chi connectivity index (χ0v) is 11.8. The third kappa shape index (κ3) is 4.74. The summed E-state index contributed by atoms with van der Waals surface area (Å²) in [5.74, 6) is -2.97. The van der Waals surface area contributed by atoms with Gasteiger partial charge in [-0.1, -0.05) is 0 Å². The molecule has 0 bridgehead atoms. The van der Waals surface area contributed by atoms with Crippen molar-refractivity contribution in [1.29, 1.82) is 0 Å². The molecule has 0 amide bonds. The molecular weight excluding hydrogens is 342 g/mol. The summed E-state index contributed by atoms with van der Waals surface area (Å²) >= 11 is 0. The minimum Gasteiger partial charge on any atom is -0.391 e. The van der Waals surface area contributed by atoms with E-state index in [1.54, 1.807) is 0 Å². The molecule has 8 N–H and O–H groups in total. The lowest BCUT2D eigenvalue weighted by molar-refractivity contribution is -0.378. The van der Waals surface area contributed by atoms with Gasteiger partial charge < -0.3 is 44.7 Å². The van der Waals surface area contributed by atoms with Crippen LogP contribution in [-0.4, -0.2) is 77.0 Å². The number of rotatable bonds is 5. The van der Waals surface area contributed by atoms with Gasteiger partial charge in [-0.2, -0.15) is 0 Å². The van der Waals surface area contributed by atoms with Crippen molar-refractivity contribution < 1.29 is 62.9 Å². The summed E-state index contributed by atoms with van der Waals surface area (Å²) in [6.45, 7) is -1.44. The van der Waals surface area contributed by atoms with Crippen LogP contribution in [0.3, 0.4) is 0 Å². The summed E-state index contributed by atoms with van der Waals surface area (Å²) in [5, 5.41) is 37.7. The number of hydrogen-bond acceptors (Lipinski definition) is 9. The number of hydrogen-bond donors (Lipinski definition) is 8. The van der Waals surface area contributed by atoms with E-state index in [1.165, 1.54) is 0 Å². The number of phosphoric ester groups is 2. The van der Waals surface area contributed by atoms with E-state index >= 15 is 0 Å². The van der Waals surface area contributed by atoms with Gasteiger partial charge in [0.1, 0.15) is 24.9 Å². The average Bonchev–Trinajstić information content (AvgIpc) is 2.29. The summed E-state index contributed by atoms with van der Waals surface area (Å²) in [4.78, 5) is 34.6. The second kappa shape index (κ2) is 6.26. The van der Waals surface area contributed by atoms with Crippen molar-refractivity contribution in [2.75, 3.05) is 6.61 Å². The van der Waals surface area contributed by atoms with E-state index in [2.05, 4.69) is 13.8 Å². The summed E-state index contributed by atoms with van der Waals surface area (Å²) in [7, 11) is -10.6. The van der Waals surface area contributed by atoms with Crippen LogP contribution in [0, 0.1) is 0 Å². The van der Waals surface area contributed by atoms with Gasteiger partial charge in [-0.15, -0.1) is 0 Å². The second-order valence-corrected chi connectivity index (χ2v) is 6.42. The lowest BCUT2D eigenvalue weighted by Crippen LogP contribution is -2.66. The van der Waals surface area contributed by atoms with Crippen LogP contribution in [0.5, 0.6) is 0 Å². The Morgan fingerprint density at radius 2 is 1.52 bits per heavy atom. The molecule has 0 aromatic rings. The van der Waals surface area contributed by atoms with E-state index in [0.717, 1.165) is 0 Å². The third-order valence-electron chi connectivity index (χ3n) is 2.45. The van der Waals surface area contributed by atoms with Crippen molar-refractivity contribution in [1.82, 2.24) is 0 Å². The van der Waals surface area contributed by atoms with Crippen LogP contribution in [-0.2, 0) is 22.9 Å². The topological polar surface area (TPSA) is 224 Å². The molecule has 0 aromatic heterocycles. The Bertz CT molecular complexity index is 456. The van der Waals surface area contributed by atoms with Crippen LogP contribution in [0.15, 0.2) is 0 Å². The predicted octanol–water partition coefficient (Wildman–Crippen LogP) is -3.67. The highest BCUT2D eigenvalue weighted by Crippen LogP contribution is 2.48. The fourth-order valence-corrected chi connectivity index (χ4v) is 2.65. The molecule has 0 radical (unpaired) electrons. The minimum absolute atomic E-state index is 1.44. The van der Waals surface area contributed by atoms with E-state index < -0.39 is 52.6 Å². The van der Waals surface area contributed by atoms with Gasteiger partial charge in [0.2, 0.25) is 12.1 Å². The summed E-state index contributed by atoms with van der Waals surface area (Å²) in [5.41, 5.74) is 0. The maximum absolute atomic E-state index is 10.8. The monoisotopic (exact) mass is 356 g/mol. The van der Waals surface area contributed by atoms with E-state index in [4.69, 9.17) is 24.7 Å². The Balaban J connectivity index is 3.13. The fourth-order valence-electron chi connectivity index (χ4n) is 1.60. The van der Waals surface area contributed by atoms with E-state index in [0.29, 0.717) is 0 Å². The van der Waals surface area contributed by atoms with E-state index in [9.17, 15) is 24.4 Å². The highest BCUT2D eigenvalue weighted by molar-refractivity contribution is 7.46. The summed E-state index contributed by atoms with van der Waals surface area (Å²) < 4.78 is 34.0. The molecule has 1 aliphatic rings. The van der Waals surface area contributed by atoms with Gasteiger partial charge >= 0.3 is 15.6 Å². The lowest BCUT2D eigenvalue weighted by atomic mass is 9.96. The fraction of sp³-hybridized carbons (Fsp3) is 1.00. The van der Waals surface area contributed by atoms with Crippen LogP contribution in [0.25, 0.3) is 0 Å². The van der Waals surface area contributed by atoms with Crippen LogP contribution in [0.4, 0.5) is 0 Å².